The topological polar surface area (TPSA) is 172 Å². The van der Waals surface area contributed by atoms with Crippen molar-refractivity contribution >= 4 is 22.8 Å². The lowest BCUT2D eigenvalue weighted by Gasteiger charge is -2.18. The first kappa shape index (κ1) is 24.2. The van der Waals surface area contributed by atoms with Crippen LogP contribution < -0.4 is 10.1 Å². The third-order valence-electron chi connectivity index (χ3n) is 5.09. The number of aliphatic hydroxyl groups excluding tert-OH is 1. The Morgan fingerprint density at radius 2 is 1.94 bits per heavy atom. The minimum absolute atomic E-state index is 0.00782. The zero-order chi connectivity index (χ0) is 25.5. The number of rotatable bonds is 9. The van der Waals surface area contributed by atoms with E-state index >= 15 is 0 Å². The normalized spacial score (nSPS) is 11.4. The Hall–Kier alpha value is -4.91. The number of benzene rings is 1. The maximum Gasteiger partial charge on any atom is 0.269 e. The van der Waals surface area contributed by atoms with Crippen LogP contribution in [-0.2, 0) is 9.53 Å². The standard InChI is InChI=1S/C24H20N8O4/c1-15-2-3-16(9-25)8-19(15)32-22-18(12-30-32)24(29-14-28-22)36-20(13-35-7-6-33)23(34)31-21-5-4-17(10-26)11-27-21/h2-5,8,11-12,14,20,33H,6-7,13H2,1H3,(H,27,31,34)/t20-/m0/s1. The number of nitriles is 2. The van der Waals surface area contributed by atoms with E-state index in [4.69, 9.17) is 19.8 Å². The van der Waals surface area contributed by atoms with Gasteiger partial charge in [-0.25, -0.2) is 19.6 Å². The lowest BCUT2D eigenvalue weighted by atomic mass is 10.1. The number of carbonyl (C=O) groups excluding carboxylic acids is 1. The molecule has 1 aromatic carbocycles. The van der Waals surface area contributed by atoms with Gasteiger partial charge in [-0.1, -0.05) is 6.07 Å². The first-order valence-corrected chi connectivity index (χ1v) is 10.8. The second-order valence-corrected chi connectivity index (χ2v) is 7.52. The minimum atomic E-state index is -1.15. The van der Waals surface area contributed by atoms with Gasteiger partial charge < -0.3 is 19.9 Å². The molecular weight excluding hydrogens is 464 g/mol. The van der Waals surface area contributed by atoms with E-state index in [-0.39, 0.29) is 31.5 Å². The van der Waals surface area contributed by atoms with Crippen molar-refractivity contribution in [1.82, 2.24) is 24.7 Å². The largest absolute Gasteiger partial charge is 0.461 e. The Morgan fingerprint density at radius 3 is 2.67 bits per heavy atom. The highest BCUT2D eigenvalue weighted by molar-refractivity contribution is 5.94. The number of amides is 1. The van der Waals surface area contributed by atoms with Gasteiger partial charge in [0.05, 0.1) is 48.9 Å². The number of ether oxygens (including phenoxy) is 2. The van der Waals surface area contributed by atoms with Crippen LogP contribution in [0.2, 0.25) is 0 Å². The average molecular weight is 484 g/mol. The van der Waals surface area contributed by atoms with Crippen molar-refractivity contribution in [3.63, 3.8) is 0 Å². The number of anilines is 1. The van der Waals surface area contributed by atoms with Crippen LogP contribution in [0.4, 0.5) is 5.82 Å². The molecule has 0 unspecified atom stereocenters. The van der Waals surface area contributed by atoms with Crippen molar-refractivity contribution in [2.24, 2.45) is 0 Å². The van der Waals surface area contributed by atoms with Crippen LogP contribution in [0.5, 0.6) is 5.88 Å². The summed E-state index contributed by atoms with van der Waals surface area (Å²) in [5.74, 6) is -0.244. The van der Waals surface area contributed by atoms with Crippen LogP contribution in [0.1, 0.15) is 16.7 Å². The van der Waals surface area contributed by atoms with Crippen LogP contribution in [0.15, 0.2) is 49.1 Å². The zero-order valence-corrected chi connectivity index (χ0v) is 19.1. The van der Waals surface area contributed by atoms with Crippen molar-refractivity contribution in [1.29, 1.82) is 10.5 Å². The van der Waals surface area contributed by atoms with Gasteiger partial charge in [-0.15, -0.1) is 0 Å². The molecule has 180 valence electrons. The molecular formula is C24H20N8O4. The lowest BCUT2D eigenvalue weighted by molar-refractivity contribution is -0.125. The van der Waals surface area contributed by atoms with Gasteiger partial charge in [0, 0.05) is 6.20 Å². The fraction of sp³-hybridized carbons (Fsp3) is 0.208. The van der Waals surface area contributed by atoms with Gasteiger partial charge in [0.15, 0.2) is 5.65 Å². The third kappa shape index (κ3) is 5.26. The molecule has 3 aromatic heterocycles. The van der Waals surface area contributed by atoms with E-state index in [0.29, 0.717) is 27.8 Å². The number of nitrogens with one attached hydrogen (secondary N) is 1. The highest BCUT2D eigenvalue weighted by Gasteiger charge is 2.24. The van der Waals surface area contributed by atoms with Crippen molar-refractivity contribution in [3.05, 3.63) is 65.7 Å². The van der Waals surface area contributed by atoms with Crippen LogP contribution in [0, 0.1) is 29.6 Å². The first-order chi connectivity index (χ1) is 17.5. The Kier molecular flexibility index (Phi) is 7.41. The molecule has 2 N–H and O–H groups in total. The number of hydrogen-bond acceptors (Lipinski definition) is 10. The molecule has 36 heavy (non-hydrogen) atoms. The van der Waals surface area contributed by atoms with E-state index in [9.17, 15) is 10.1 Å². The Balaban J connectivity index is 1.63. The maximum absolute atomic E-state index is 13.0. The Labute approximate surface area is 205 Å². The smallest absolute Gasteiger partial charge is 0.269 e. The van der Waals surface area contributed by atoms with Crippen LogP contribution in [0.25, 0.3) is 16.7 Å². The number of carbonyl (C=O) groups is 1. The maximum atomic E-state index is 13.0. The molecule has 12 nitrogen and oxygen atoms in total. The molecule has 1 amide bonds. The number of aromatic nitrogens is 5. The Morgan fingerprint density at radius 1 is 1.14 bits per heavy atom. The SMILES string of the molecule is Cc1ccc(C#N)cc1-n1ncc2c(O[C@@H](COCCO)C(=O)Nc3ccc(C#N)cn3)ncnc21. The van der Waals surface area contributed by atoms with Gasteiger partial charge >= 0.3 is 0 Å². The summed E-state index contributed by atoms with van der Waals surface area (Å²) < 4.78 is 12.8. The van der Waals surface area contributed by atoms with E-state index in [0.717, 1.165) is 5.56 Å². The third-order valence-corrected chi connectivity index (χ3v) is 5.09. The predicted molar refractivity (Wildman–Crippen MR) is 126 cm³/mol. The van der Waals surface area contributed by atoms with Crippen molar-refractivity contribution in [3.8, 4) is 23.7 Å². The average Bonchev–Trinajstić information content (AvgIpc) is 3.34. The van der Waals surface area contributed by atoms with Gasteiger partial charge in [-0.05, 0) is 36.8 Å². The quantitative estimate of drug-likeness (QED) is 0.333. The molecule has 0 aliphatic rings. The van der Waals surface area contributed by atoms with Gasteiger partial charge in [-0.2, -0.15) is 15.6 Å². The second-order valence-electron chi connectivity index (χ2n) is 7.52. The van der Waals surface area contributed by atoms with Crippen molar-refractivity contribution in [2.45, 2.75) is 13.0 Å². The summed E-state index contributed by atoms with van der Waals surface area (Å²) in [6.45, 7) is 1.50. The number of aliphatic hydroxyl groups is 1. The van der Waals surface area contributed by atoms with Gasteiger partial charge in [0.1, 0.15) is 23.6 Å². The van der Waals surface area contributed by atoms with Crippen molar-refractivity contribution in [2.75, 3.05) is 25.1 Å². The number of aryl methyl sites for hydroxylation is 1. The molecule has 0 aliphatic carbocycles. The number of pyridine rings is 1. The van der Waals surface area contributed by atoms with Crippen LogP contribution in [0.3, 0.4) is 0 Å². The summed E-state index contributed by atoms with van der Waals surface area (Å²) in [5, 5.41) is 34.7. The summed E-state index contributed by atoms with van der Waals surface area (Å²) in [7, 11) is 0. The summed E-state index contributed by atoms with van der Waals surface area (Å²) in [5.41, 5.74) is 2.79. The monoisotopic (exact) mass is 484 g/mol. The number of fused-ring (bicyclic) bond motifs is 1. The molecule has 0 saturated heterocycles. The number of nitrogens with zero attached hydrogens (tertiary/aromatic N) is 7. The molecule has 0 saturated carbocycles. The summed E-state index contributed by atoms with van der Waals surface area (Å²) >= 11 is 0. The minimum Gasteiger partial charge on any atom is -0.461 e. The summed E-state index contributed by atoms with van der Waals surface area (Å²) in [6.07, 6.45) is 2.97. The van der Waals surface area contributed by atoms with E-state index in [2.05, 4.69) is 31.4 Å². The molecule has 4 rings (SSSR count). The van der Waals surface area contributed by atoms with Crippen LogP contribution >= 0.6 is 0 Å². The first-order valence-electron chi connectivity index (χ1n) is 10.8. The van der Waals surface area contributed by atoms with E-state index < -0.39 is 12.0 Å². The van der Waals surface area contributed by atoms with Gasteiger partial charge in [-0.3, -0.25) is 4.79 Å². The zero-order valence-electron chi connectivity index (χ0n) is 19.1. The van der Waals surface area contributed by atoms with Gasteiger partial charge in [0.25, 0.3) is 5.91 Å². The van der Waals surface area contributed by atoms with E-state index in [1.807, 2.05) is 19.1 Å². The van der Waals surface area contributed by atoms with E-state index in [1.54, 1.807) is 16.8 Å². The molecule has 4 aromatic rings. The predicted octanol–water partition coefficient (Wildman–Crippen LogP) is 1.66. The van der Waals surface area contributed by atoms with Crippen molar-refractivity contribution < 1.29 is 19.4 Å². The van der Waals surface area contributed by atoms with E-state index in [1.165, 1.54) is 30.9 Å². The lowest BCUT2D eigenvalue weighted by Crippen LogP contribution is -2.37. The van der Waals surface area contributed by atoms with Crippen LogP contribution in [-0.4, -0.2) is 61.7 Å². The van der Waals surface area contributed by atoms with Gasteiger partial charge in [0.2, 0.25) is 12.0 Å². The molecule has 3 heterocycles. The molecule has 0 spiro atoms. The highest BCUT2D eigenvalue weighted by Crippen LogP contribution is 2.26. The number of hydrogen-bond donors (Lipinski definition) is 2. The fourth-order valence-electron chi connectivity index (χ4n) is 3.29. The second kappa shape index (κ2) is 11.0. The molecule has 1 atom stereocenters. The molecule has 0 fully saturated rings. The highest BCUT2D eigenvalue weighted by atomic mass is 16.5. The molecule has 0 bridgehead atoms. The molecule has 12 heteroatoms. The summed E-state index contributed by atoms with van der Waals surface area (Å²) in [4.78, 5) is 25.5. The summed E-state index contributed by atoms with van der Waals surface area (Å²) in [6, 6.07) is 12.3. The molecule has 0 aliphatic heterocycles. The Bertz CT molecular complexity index is 1470. The molecule has 0 radical (unpaired) electrons. The fourth-order valence-corrected chi connectivity index (χ4v) is 3.29.